The van der Waals surface area contributed by atoms with Crippen LogP contribution in [0.5, 0.6) is 0 Å². The second-order valence-electron chi connectivity index (χ2n) is 2.82. The minimum absolute atomic E-state index is 0.00489. The van der Waals surface area contributed by atoms with Crippen LogP contribution in [0.4, 0.5) is 0 Å². The minimum atomic E-state index is -0.0605. The van der Waals surface area contributed by atoms with Gasteiger partial charge in [-0.1, -0.05) is 18.2 Å². The van der Waals surface area contributed by atoms with Crippen molar-refractivity contribution in [2.24, 2.45) is 0 Å². The molecule has 0 heterocycles. The summed E-state index contributed by atoms with van der Waals surface area (Å²) in [5, 5.41) is 8.64. The van der Waals surface area contributed by atoms with Gasteiger partial charge in [-0.25, -0.2) is 0 Å². The van der Waals surface area contributed by atoms with E-state index in [-0.39, 0.29) is 12.5 Å². The Kier molecular flexibility index (Phi) is 3.46. The van der Waals surface area contributed by atoms with Gasteiger partial charge in [0.2, 0.25) is 0 Å². The Hall–Kier alpha value is -1.35. The van der Waals surface area contributed by atoms with Gasteiger partial charge >= 0.3 is 0 Å². The molecule has 0 saturated carbocycles. The van der Waals surface area contributed by atoms with Crippen molar-refractivity contribution in [2.75, 3.05) is 20.2 Å². The van der Waals surface area contributed by atoms with E-state index in [1.807, 2.05) is 18.2 Å². The van der Waals surface area contributed by atoms with E-state index >= 15 is 0 Å². The van der Waals surface area contributed by atoms with E-state index in [9.17, 15) is 4.79 Å². The molecule has 1 amide bonds. The van der Waals surface area contributed by atoms with E-state index in [1.165, 1.54) is 4.90 Å². The van der Waals surface area contributed by atoms with Gasteiger partial charge in [-0.2, -0.15) is 0 Å². The Morgan fingerprint density at radius 2 is 2.00 bits per heavy atom. The van der Waals surface area contributed by atoms with Gasteiger partial charge in [0.05, 0.1) is 6.61 Å². The molecule has 1 N–H and O–H groups in total. The highest BCUT2D eigenvalue weighted by molar-refractivity contribution is 5.93. The number of benzene rings is 1. The molecule has 13 heavy (non-hydrogen) atoms. The minimum Gasteiger partial charge on any atom is -0.395 e. The van der Waals surface area contributed by atoms with Gasteiger partial charge < -0.3 is 10.0 Å². The number of rotatable bonds is 3. The molecule has 1 rings (SSSR count). The number of carbonyl (C=O) groups excluding carboxylic acids is 1. The first kappa shape index (κ1) is 9.74. The van der Waals surface area contributed by atoms with E-state index < -0.39 is 0 Å². The van der Waals surface area contributed by atoms with Crippen LogP contribution in [0.15, 0.2) is 30.3 Å². The number of amides is 1. The average molecular weight is 179 g/mol. The van der Waals surface area contributed by atoms with Crippen molar-refractivity contribution in [3.8, 4) is 0 Å². The summed E-state index contributed by atoms with van der Waals surface area (Å²) in [6, 6.07) is 9.02. The second kappa shape index (κ2) is 4.62. The van der Waals surface area contributed by atoms with Crippen LogP contribution < -0.4 is 0 Å². The van der Waals surface area contributed by atoms with E-state index in [4.69, 9.17) is 5.11 Å². The maximum Gasteiger partial charge on any atom is 0.253 e. The Labute approximate surface area is 77.6 Å². The molecule has 0 aliphatic rings. The molecule has 0 aliphatic carbocycles. The van der Waals surface area contributed by atoms with Crippen LogP contribution in [-0.2, 0) is 0 Å². The van der Waals surface area contributed by atoms with Crippen LogP contribution in [0.2, 0.25) is 0 Å². The van der Waals surface area contributed by atoms with E-state index in [0.717, 1.165) is 0 Å². The smallest absolute Gasteiger partial charge is 0.253 e. The molecule has 0 aromatic heterocycles. The Balaban J connectivity index is 2.68. The molecule has 0 bridgehead atoms. The van der Waals surface area contributed by atoms with Gasteiger partial charge in [0.1, 0.15) is 0 Å². The highest BCUT2D eigenvalue weighted by Crippen LogP contribution is 2.01. The second-order valence-corrected chi connectivity index (χ2v) is 2.82. The molecule has 70 valence electrons. The highest BCUT2D eigenvalue weighted by atomic mass is 16.3. The first-order valence-corrected chi connectivity index (χ1v) is 4.17. The van der Waals surface area contributed by atoms with Gasteiger partial charge in [-0.15, -0.1) is 0 Å². The number of hydrogen-bond acceptors (Lipinski definition) is 2. The first-order chi connectivity index (χ1) is 6.25. The van der Waals surface area contributed by atoms with Crippen LogP contribution >= 0.6 is 0 Å². The Morgan fingerprint density at radius 1 is 1.38 bits per heavy atom. The monoisotopic (exact) mass is 179 g/mol. The summed E-state index contributed by atoms with van der Waals surface area (Å²) in [5.41, 5.74) is 0.651. The lowest BCUT2D eigenvalue weighted by Crippen LogP contribution is -2.29. The summed E-state index contributed by atoms with van der Waals surface area (Å²) in [6.45, 7) is 0.364. The standard InChI is InChI=1S/C10H13NO2/c1-11(7-8-12)10(13)9-5-3-2-4-6-9/h2-6,12H,7-8H2,1H3. The van der Waals surface area contributed by atoms with Crippen molar-refractivity contribution in [1.82, 2.24) is 4.90 Å². The summed E-state index contributed by atoms with van der Waals surface area (Å²) < 4.78 is 0. The van der Waals surface area contributed by atoms with Gasteiger partial charge in [-0.3, -0.25) is 4.79 Å². The summed E-state index contributed by atoms with van der Waals surface area (Å²) in [4.78, 5) is 13.0. The summed E-state index contributed by atoms with van der Waals surface area (Å²) in [7, 11) is 1.67. The largest absolute Gasteiger partial charge is 0.395 e. The van der Waals surface area contributed by atoms with E-state index in [2.05, 4.69) is 0 Å². The van der Waals surface area contributed by atoms with Crippen molar-refractivity contribution in [1.29, 1.82) is 0 Å². The van der Waals surface area contributed by atoms with Gasteiger partial charge in [-0.05, 0) is 12.1 Å². The number of likely N-dealkylation sites (N-methyl/N-ethyl adjacent to an activating group) is 1. The van der Waals surface area contributed by atoms with Crippen LogP contribution in [0.3, 0.4) is 0 Å². The maximum atomic E-state index is 11.5. The fraction of sp³-hybridized carbons (Fsp3) is 0.300. The van der Waals surface area contributed by atoms with Crippen molar-refractivity contribution >= 4 is 5.91 Å². The topological polar surface area (TPSA) is 40.5 Å². The molecule has 0 spiro atoms. The number of aliphatic hydroxyl groups excluding tert-OH is 1. The molecule has 3 nitrogen and oxygen atoms in total. The zero-order chi connectivity index (χ0) is 9.68. The first-order valence-electron chi connectivity index (χ1n) is 4.17. The number of carbonyl (C=O) groups is 1. The zero-order valence-corrected chi connectivity index (χ0v) is 7.60. The van der Waals surface area contributed by atoms with Crippen molar-refractivity contribution in [3.05, 3.63) is 35.9 Å². The van der Waals surface area contributed by atoms with Gasteiger partial charge in [0.15, 0.2) is 0 Å². The normalized spacial score (nSPS) is 9.69. The van der Waals surface area contributed by atoms with Crippen molar-refractivity contribution < 1.29 is 9.90 Å². The van der Waals surface area contributed by atoms with E-state index in [0.29, 0.717) is 12.1 Å². The molecular formula is C10H13NO2. The third-order valence-electron chi connectivity index (χ3n) is 1.80. The fourth-order valence-electron chi connectivity index (χ4n) is 1.05. The predicted octanol–water partition coefficient (Wildman–Crippen LogP) is 0.751. The molecule has 0 fully saturated rings. The zero-order valence-electron chi connectivity index (χ0n) is 7.60. The number of aliphatic hydroxyl groups is 1. The Bertz CT molecular complexity index is 272. The lowest BCUT2D eigenvalue weighted by molar-refractivity contribution is 0.0767. The summed E-state index contributed by atoms with van der Waals surface area (Å²) >= 11 is 0. The number of hydrogen-bond donors (Lipinski definition) is 1. The molecule has 0 radical (unpaired) electrons. The van der Waals surface area contributed by atoms with Crippen LogP contribution in [0, 0.1) is 0 Å². The molecule has 0 aliphatic heterocycles. The van der Waals surface area contributed by atoms with Crippen LogP contribution in [0.25, 0.3) is 0 Å². The number of nitrogens with zero attached hydrogens (tertiary/aromatic N) is 1. The molecule has 0 atom stereocenters. The van der Waals surface area contributed by atoms with Crippen molar-refractivity contribution in [3.63, 3.8) is 0 Å². The third kappa shape index (κ3) is 2.56. The average Bonchev–Trinajstić information content (AvgIpc) is 2.18. The van der Waals surface area contributed by atoms with Crippen molar-refractivity contribution in [2.45, 2.75) is 0 Å². The van der Waals surface area contributed by atoms with Gasteiger partial charge in [0, 0.05) is 19.2 Å². The molecular weight excluding hydrogens is 166 g/mol. The molecule has 1 aromatic rings. The lowest BCUT2D eigenvalue weighted by atomic mass is 10.2. The quantitative estimate of drug-likeness (QED) is 0.743. The third-order valence-corrected chi connectivity index (χ3v) is 1.80. The SMILES string of the molecule is CN(CCO)C(=O)c1ccccc1. The maximum absolute atomic E-state index is 11.5. The van der Waals surface area contributed by atoms with Gasteiger partial charge in [0.25, 0.3) is 5.91 Å². The summed E-state index contributed by atoms with van der Waals surface area (Å²) in [5.74, 6) is -0.0605. The Morgan fingerprint density at radius 3 is 2.54 bits per heavy atom. The van der Waals surface area contributed by atoms with E-state index in [1.54, 1.807) is 19.2 Å². The van der Waals surface area contributed by atoms with Crippen LogP contribution in [-0.4, -0.2) is 36.1 Å². The predicted molar refractivity (Wildman–Crippen MR) is 50.5 cm³/mol. The fourth-order valence-corrected chi connectivity index (χ4v) is 1.05. The molecule has 1 aromatic carbocycles. The highest BCUT2D eigenvalue weighted by Gasteiger charge is 2.09. The summed E-state index contributed by atoms with van der Waals surface area (Å²) in [6.07, 6.45) is 0. The van der Waals surface area contributed by atoms with Crippen LogP contribution in [0.1, 0.15) is 10.4 Å². The molecule has 0 saturated heterocycles. The lowest BCUT2D eigenvalue weighted by Gasteiger charge is -2.15. The molecule has 3 heteroatoms. The molecule has 0 unspecified atom stereocenters.